The molecule has 0 saturated carbocycles. The Morgan fingerprint density at radius 1 is 1.32 bits per heavy atom. The van der Waals surface area contributed by atoms with Crippen molar-refractivity contribution in [1.29, 1.82) is 0 Å². The average Bonchev–Trinajstić information content (AvgIpc) is 2.95. The number of para-hydroxylation sites is 1. The molecule has 1 aliphatic heterocycles. The van der Waals surface area contributed by atoms with Gasteiger partial charge in [-0.3, -0.25) is 14.3 Å². The standard InChI is InChI=1S/C17H17N3O4S/c1-2-24-17(23)9-16-19(15(22)11-25-16)7-8-20-13-6-4-3-5-12(13)14(21)10-18-20/h3-6,9-10H,2,7-8,11H2,1H3/b16-9-. The first-order valence-corrected chi connectivity index (χ1v) is 8.85. The van der Waals surface area contributed by atoms with Crippen LogP contribution in [0.25, 0.3) is 10.9 Å². The highest BCUT2D eigenvalue weighted by atomic mass is 32.2. The van der Waals surface area contributed by atoms with Crippen LogP contribution in [0.3, 0.4) is 0 Å². The van der Waals surface area contributed by atoms with Crippen molar-refractivity contribution >= 4 is 34.5 Å². The van der Waals surface area contributed by atoms with Crippen molar-refractivity contribution in [3.8, 4) is 0 Å². The summed E-state index contributed by atoms with van der Waals surface area (Å²) in [5.74, 6) is -0.230. The van der Waals surface area contributed by atoms with Crippen LogP contribution in [-0.4, -0.2) is 45.5 Å². The Morgan fingerprint density at radius 3 is 2.92 bits per heavy atom. The molecule has 1 fully saturated rings. The molecule has 0 spiro atoms. The van der Waals surface area contributed by atoms with Gasteiger partial charge in [-0.05, 0) is 19.1 Å². The first kappa shape index (κ1) is 17.2. The highest BCUT2D eigenvalue weighted by Crippen LogP contribution is 2.28. The Kier molecular flexibility index (Phi) is 5.18. The number of hydrogen-bond acceptors (Lipinski definition) is 6. The van der Waals surface area contributed by atoms with Gasteiger partial charge < -0.3 is 9.64 Å². The fourth-order valence-corrected chi connectivity index (χ4v) is 3.54. The molecule has 3 rings (SSSR count). The summed E-state index contributed by atoms with van der Waals surface area (Å²) >= 11 is 1.31. The van der Waals surface area contributed by atoms with Gasteiger partial charge in [-0.2, -0.15) is 5.10 Å². The highest BCUT2D eigenvalue weighted by Gasteiger charge is 2.27. The molecular weight excluding hydrogens is 342 g/mol. The van der Waals surface area contributed by atoms with Crippen LogP contribution in [-0.2, 0) is 20.9 Å². The largest absolute Gasteiger partial charge is 0.463 e. The summed E-state index contributed by atoms with van der Waals surface area (Å²) in [5, 5.41) is 5.32. The van der Waals surface area contributed by atoms with Crippen molar-refractivity contribution in [1.82, 2.24) is 14.7 Å². The van der Waals surface area contributed by atoms with E-state index in [1.165, 1.54) is 24.0 Å². The van der Waals surface area contributed by atoms with Crippen LogP contribution in [0.2, 0.25) is 0 Å². The molecule has 2 heterocycles. The van der Waals surface area contributed by atoms with E-state index in [2.05, 4.69) is 5.10 Å². The van der Waals surface area contributed by atoms with Gasteiger partial charge in [0.25, 0.3) is 0 Å². The summed E-state index contributed by atoms with van der Waals surface area (Å²) < 4.78 is 6.59. The first-order valence-electron chi connectivity index (χ1n) is 7.86. The first-order chi connectivity index (χ1) is 12.1. The van der Waals surface area contributed by atoms with Crippen LogP contribution < -0.4 is 5.43 Å². The van der Waals surface area contributed by atoms with E-state index in [1.54, 1.807) is 28.6 Å². The summed E-state index contributed by atoms with van der Waals surface area (Å²) in [6, 6.07) is 7.20. The molecule has 0 unspecified atom stereocenters. The highest BCUT2D eigenvalue weighted by molar-refractivity contribution is 8.04. The Balaban J connectivity index is 1.80. The van der Waals surface area contributed by atoms with Gasteiger partial charge in [-0.15, -0.1) is 0 Å². The van der Waals surface area contributed by atoms with Crippen LogP contribution in [0.4, 0.5) is 0 Å². The average molecular weight is 359 g/mol. The van der Waals surface area contributed by atoms with Gasteiger partial charge in [-0.25, -0.2) is 4.79 Å². The zero-order chi connectivity index (χ0) is 17.8. The molecule has 0 aliphatic carbocycles. The number of carbonyl (C=O) groups is 2. The molecule has 1 amide bonds. The molecule has 130 valence electrons. The molecule has 1 saturated heterocycles. The van der Waals surface area contributed by atoms with E-state index < -0.39 is 5.97 Å². The quantitative estimate of drug-likeness (QED) is 0.593. The number of carbonyl (C=O) groups excluding carboxylic acids is 2. The summed E-state index contributed by atoms with van der Waals surface area (Å²) in [6.07, 6.45) is 2.62. The third-order valence-corrected chi connectivity index (χ3v) is 4.76. The van der Waals surface area contributed by atoms with Crippen molar-refractivity contribution < 1.29 is 14.3 Å². The lowest BCUT2D eigenvalue weighted by Gasteiger charge is -2.18. The second-order valence-electron chi connectivity index (χ2n) is 5.32. The van der Waals surface area contributed by atoms with Gasteiger partial charge in [0.15, 0.2) is 0 Å². The molecule has 2 aromatic rings. The number of thioether (sulfide) groups is 1. The molecule has 0 bridgehead atoms. The predicted molar refractivity (Wildman–Crippen MR) is 94.9 cm³/mol. The minimum absolute atomic E-state index is 0.0640. The summed E-state index contributed by atoms with van der Waals surface area (Å²) in [4.78, 5) is 37.2. The molecule has 7 nitrogen and oxygen atoms in total. The molecule has 8 heteroatoms. The van der Waals surface area contributed by atoms with Gasteiger partial charge in [-0.1, -0.05) is 23.9 Å². The van der Waals surface area contributed by atoms with E-state index in [0.29, 0.717) is 34.8 Å². The van der Waals surface area contributed by atoms with Gasteiger partial charge in [0.2, 0.25) is 11.3 Å². The van der Waals surface area contributed by atoms with E-state index >= 15 is 0 Å². The molecule has 1 aliphatic rings. The zero-order valence-corrected chi connectivity index (χ0v) is 14.5. The summed E-state index contributed by atoms with van der Waals surface area (Å²) in [7, 11) is 0. The van der Waals surface area contributed by atoms with Gasteiger partial charge in [0.1, 0.15) is 0 Å². The van der Waals surface area contributed by atoms with Crippen LogP contribution >= 0.6 is 11.8 Å². The van der Waals surface area contributed by atoms with E-state index in [-0.39, 0.29) is 17.9 Å². The van der Waals surface area contributed by atoms with E-state index in [0.717, 1.165) is 0 Å². The van der Waals surface area contributed by atoms with Crippen molar-refractivity contribution in [2.45, 2.75) is 13.5 Å². The van der Waals surface area contributed by atoms with Crippen molar-refractivity contribution in [3.05, 3.63) is 51.8 Å². The van der Waals surface area contributed by atoms with E-state index in [4.69, 9.17) is 4.74 Å². The lowest BCUT2D eigenvalue weighted by atomic mass is 10.2. The Hall–Kier alpha value is -2.61. The Morgan fingerprint density at radius 2 is 2.12 bits per heavy atom. The number of aromatic nitrogens is 2. The maximum atomic E-state index is 12.1. The summed E-state index contributed by atoms with van der Waals surface area (Å²) in [6.45, 7) is 2.78. The number of rotatable bonds is 5. The minimum atomic E-state index is -0.461. The second-order valence-corrected chi connectivity index (χ2v) is 6.31. The molecule has 1 aromatic carbocycles. The number of ether oxygens (including phenoxy) is 1. The lowest BCUT2D eigenvalue weighted by molar-refractivity contribution is -0.137. The second kappa shape index (κ2) is 7.52. The van der Waals surface area contributed by atoms with Crippen LogP contribution in [0, 0.1) is 0 Å². The molecule has 0 radical (unpaired) electrons. The maximum Gasteiger partial charge on any atom is 0.333 e. The van der Waals surface area contributed by atoms with Gasteiger partial charge in [0, 0.05) is 11.9 Å². The predicted octanol–water partition coefficient (Wildman–Crippen LogP) is 1.38. The zero-order valence-electron chi connectivity index (χ0n) is 13.7. The third-order valence-electron chi connectivity index (χ3n) is 3.74. The van der Waals surface area contributed by atoms with E-state index in [9.17, 15) is 14.4 Å². The number of fused-ring (bicyclic) bond motifs is 1. The Bertz CT molecular complexity index is 906. The van der Waals surface area contributed by atoms with E-state index in [1.807, 2.05) is 12.1 Å². The molecule has 0 N–H and O–H groups in total. The van der Waals surface area contributed by atoms with Gasteiger partial charge in [0.05, 0.1) is 41.7 Å². The van der Waals surface area contributed by atoms with Gasteiger partial charge >= 0.3 is 5.97 Å². The number of esters is 1. The number of benzene rings is 1. The lowest BCUT2D eigenvalue weighted by Crippen LogP contribution is -2.29. The minimum Gasteiger partial charge on any atom is -0.463 e. The fourth-order valence-electron chi connectivity index (χ4n) is 2.59. The molecule has 25 heavy (non-hydrogen) atoms. The van der Waals surface area contributed by atoms with Crippen LogP contribution in [0.1, 0.15) is 6.92 Å². The van der Waals surface area contributed by atoms with Crippen molar-refractivity contribution in [3.63, 3.8) is 0 Å². The number of hydrogen-bond donors (Lipinski definition) is 0. The van der Waals surface area contributed by atoms with Crippen LogP contribution in [0.5, 0.6) is 0 Å². The van der Waals surface area contributed by atoms with Crippen molar-refractivity contribution in [2.75, 3.05) is 18.9 Å². The molecular formula is C17H17N3O4S. The number of amides is 1. The smallest absolute Gasteiger partial charge is 0.333 e. The fraction of sp³-hybridized carbons (Fsp3) is 0.294. The summed E-state index contributed by atoms with van der Waals surface area (Å²) in [5.41, 5.74) is 0.577. The molecule has 1 aromatic heterocycles. The van der Waals surface area contributed by atoms with Crippen molar-refractivity contribution in [2.24, 2.45) is 0 Å². The number of nitrogens with zero attached hydrogens (tertiary/aromatic N) is 3. The Labute approximate surface area is 148 Å². The van der Waals surface area contributed by atoms with Crippen LogP contribution in [0.15, 0.2) is 46.4 Å². The SMILES string of the molecule is CCOC(=O)/C=C1\SCC(=O)N1CCn1ncc(=O)c2ccccc21. The third kappa shape index (κ3) is 3.74. The normalized spacial score (nSPS) is 16.0. The monoisotopic (exact) mass is 359 g/mol. The maximum absolute atomic E-state index is 12.1. The topological polar surface area (TPSA) is 81.5 Å². The molecule has 0 atom stereocenters.